The molecule has 0 saturated carbocycles. The van der Waals surface area contributed by atoms with Crippen molar-refractivity contribution >= 4 is 22.8 Å². The highest BCUT2D eigenvalue weighted by Gasteiger charge is 2.28. The summed E-state index contributed by atoms with van der Waals surface area (Å²) in [7, 11) is 0. The standard InChI is InChI=1S/C12H10FN3O2/c13-7-1-2-8-10(5-7)16(6-14-8)9-3-4-11(17)15-12(9)18/h1-2,5-6,9H,3-4H2,(H,15,17,18). The molecule has 1 fully saturated rings. The molecule has 6 heteroatoms. The first-order valence-corrected chi connectivity index (χ1v) is 5.61. The summed E-state index contributed by atoms with van der Waals surface area (Å²) in [6, 6.07) is 3.72. The maximum absolute atomic E-state index is 13.2. The van der Waals surface area contributed by atoms with Crippen LogP contribution in [0.5, 0.6) is 0 Å². The lowest BCUT2D eigenvalue weighted by Crippen LogP contribution is -2.41. The van der Waals surface area contributed by atoms with Crippen LogP contribution in [0.1, 0.15) is 18.9 Å². The minimum absolute atomic E-state index is 0.271. The lowest BCUT2D eigenvalue weighted by atomic mass is 10.1. The SMILES string of the molecule is O=C1CCC(n2cnc3ccc(F)cc32)C(=O)N1. The Kier molecular flexibility index (Phi) is 2.36. The van der Waals surface area contributed by atoms with Gasteiger partial charge in [-0.15, -0.1) is 0 Å². The smallest absolute Gasteiger partial charge is 0.249 e. The van der Waals surface area contributed by atoms with Gasteiger partial charge in [0.15, 0.2) is 0 Å². The fourth-order valence-corrected chi connectivity index (χ4v) is 2.20. The lowest BCUT2D eigenvalue weighted by Gasteiger charge is -2.22. The van der Waals surface area contributed by atoms with Gasteiger partial charge in [-0.2, -0.15) is 0 Å². The van der Waals surface area contributed by atoms with Crippen LogP contribution >= 0.6 is 0 Å². The van der Waals surface area contributed by atoms with Gasteiger partial charge in [-0.3, -0.25) is 14.9 Å². The van der Waals surface area contributed by atoms with E-state index in [1.165, 1.54) is 18.5 Å². The van der Waals surface area contributed by atoms with Gasteiger partial charge < -0.3 is 4.57 Å². The van der Waals surface area contributed by atoms with Crippen molar-refractivity contribution in [3.63, 3.8) is 0 Å². The Bertz CT molecular complexity index is 650. The molecule has 2 aromatic rings. The third-order valence-electron chi connectivity index (χ3n) is 3.08. The van der Waals surface area contributed by atoms with Crippen molar-refractivity contribution in [1.82, 2.24) is 14.9 Å². The zero-order chi connectivity index (χ0) is 12.7. The lowest BCUT2D eigenvalue weighted by molar-refractivity contribution is -0.135. The number of halogens is 1. The van der Waals surface area contributed by atoms with Crippen LogP contribution in [0.3, 0.4) is 0 Å². The van der Waals surface area contributed by atoms with Gasteiger partial charge in [0.2, 0.25) is 11.8 Å². The molecule has 0 aliphatic carbocycles. The summed E-state index contributed by atoms with van der Waals surface area (Å²) in [5.74, 6) is -1.02. The number of nitrogens with zero attached hydrogens (tertiary/aromatic N) is 2. The van der Waals surface area contributed by atoms with Crippen molar-refractivity contribution in [3.8, 4) is 0 Å². The average molecular weight is 247 g/mol. The second kappa shape index (κ2) is 3.90. The molecule has 1 aliphatic rings. The van der Waals surface area contributed by atoms with E-state index in [1.807, 2.05) is 0 Å². The largest absolute Gasteiger partial charge is 0.318 e. The second-order valence-electron chi connectivity index (χ2n) is 4.25. The summed E-state index contributed by atoms with van der Waals surface area (Å²) in [6.07, 6.45) is 2.20. The van der Waals surface area contributed by atoms with E-state index in [1.54, 1.807) is 10.6 Å². The van der Waals surface area contributed by atoms with Crippen molar-refractivity contribution in [1.29, 1.82) is 0 Å². The van der Waals surface area contributed by atoms with Crippen LogP contribution in [0.2, 0.25) is 0 Å². The topological polar surface area (TPSA) is 64.0 Å². The molecule has 2 heterocycles. The van der Waals surface area contributed by atoms with Crippen LogP contribution in [0, 0.1) is 5.82 Å². The number of hydrogen-bond acceptors (Lipinski definition) is 3. The van der Waals surface area contributed by atoms with Crippen LogP contribution in [-0.2, 0) is 9.59 Å². The highest BCUT2D eigenvalue weighted by atomic mass is 19.1. The van der Waals surface area contributed by atoms with Crippen LogP contribution in [0.25, 0.3) is 11.0 Å². The molecule has 3 rings (SSSR count). The van der Waals surface area contributed by atoms with E-state index in [-0.39, 0.29) is 24.1 Å². The van der Waals surface area contributed by atoms with Crippen molar-refractivity contribution in [3.05, 3.63) is 30.3 Å². The highest BCUT2D eigenvalue weighted by Crippen LogP contribution is 2.24. The van der Waals surface area contributed by atoms with Crippen LogP contribution in [-0.4, -0.2) is 21.4 Å². The van der Waals surface area contributed by atoms with Gasteiger partial charge in [0.05, 0.1) is 17.4 Å². The molecule has 1 aromatic heterocycles. The molecule has 5 nitrogen and oxygen atoms in total. The molecular weight excluding hydrogens is 237 g/mol. The number of amides is 2. The van der Waals surface area contributed by atoms with Gasteiger partial charge in [0.1, 0.15) is 11.9 Å². The Morgan fingerprint density at radius 3 is 3.00 bits per heavy atom. The van der Waals surface area contributed by atoms with Crippen molar-refractivity contribution in [2.75, 3.05) is 0 Å². The minimum atomic E-state index is -0.505. The third-order valence-corrected chi connectivity index (χ3v) is 3.08. The summed E-state index contributed by atoms with van der Waals surface area (Å²) < 4.78 is 14.8. The molecule has 2 amide bonds. The molecule has 0 spiro atoms. The van der Waals surface area contributed by atoms with Crippen molar-refractivity contribution in [2.45, 2.75) is 18.9 Å². The first kappa shape index (κ1) is 10.9. The number of hydrogen-bond donors (Lipinski definition) is 1. The summed E-state index contributed by atoms with van der Waals surface area (Å²) in [5, 5.41) is 2.28. The Labute approximate surface area is 102 Å². The monoisotopic (exact) mass is 247 g/mol. The fraction of sp³-hybridized carbons (Fsp3) is 0.250. The number of benzene rings is 1. The maximum atomic E-state index is 13.2. The number of nitrogens with one attached hydrogen (secondary N) is 1. The summed E-state index contributed by atoms with van der Waals surface area (Å²) in [6.45, 7) is 0. The number of rotatable bonds is 1. The minimum Gasteiger partial charge on any atom is -0.318 e. The van der Waals surface area contributed by atoms with E-state index in [4.69, 9.17) is 0 Å². The van der Waals surface area contributed by atoms with Crippen LogP contribution < -0.4 is 5.32 Å². The van der Waals surface area contributed by atoms with Gasteiger partial charge >= 0.3 is 0 Å². The molecule has 1 N–H and O–H groups in total. The number of carbonyl (C=O) groups excluding carboxylic acids is 2. The van der Waals surface area contributed by atoms with Crippen LogP contribution in [0.4, 0.5) is 4.39 Å². The highest BCUT2D eigenvalue weighted by molar-refractivity contribution is 6.00. The Morgan fingerprint density at radius 1 is 1.39 bits per heavy atom. The predicted octanol–water partition coefficient (Wildman–Crippen LogP) is 1.15. The molecular formula is C12H10FN3O2. The molecule has 1 unspecified atom stereocenters. The number of imide groups is 1. The Morgan fingerprint density at radius 2 is 2.22 bits per heavy atom. The van der Waals surface area contributed by atoms with Crippen molar-refractivity contribution < 1.29 is 14.0 Å². The molecule has 1 saturated heterocycles. The molecule has 0 radical (unpaired) electrons. The average Bonchev–Trinajstić information content (AvgIpc) is 2.72. The summed E-state index contributed by atoms with van der Waals surface area (Å²) >= 11 is 0. The van der Waals surface area contributed by atoms with Gasteiger partial charge in [-0.1, -0.05) is 0 Å². The molecule has 1 aliphatic heterocycles. The maximum Gasteiger partial charge on any atom is 0.249 e. The fourth-order valence-electron chi connectivity index (χ4n) is 2.20. The number of fused-ring (bicyclic) bond motifs is 1. The third kappa shape index (κ3) is 1.66. The first-order valence-electron chi connectivity index (χ1n) is 5.61. The Hall–Kier alpha value is -2.24. The second-order valence-corrected chi connectivity index (χ2v) is 4.25. The van der Waals surface area contributed by atoms with E-state index in [9.17, 15) is 14.0 Å². The Balaban J connectivity index is 2.06. The summed E-state index contributed by atoms with van der Waals surface area (Å²) in [5.41, 5.74) is 1.19. The number of carbonyl (C=O) groups is 2. The van der Waals surface area contributed by atoms with Crippen LogP contribution in [0.15, 0.2) is 24.5 Å². The van der Waals surface area contributed by atoms with Gasteiger partial charge in [0, 0.05) is 6.42 Å². The number of imidazole rings is 1. The number of aromatic nitrogens is 2. The van der Waals surface area contributed by atoms with Gasteiger partial charge in [-0.25, -0.2) is 9.37 Å². The van der Waals surface area contributed by atoms with E-state index < -0.39 is 6.04 Å². The molecule has 0 bridgehead atoms. The molecule has 18 heavy (non-hydrogen) atoms. The first-order chi connectivity index (χ1) is 8.65. The molecule has 92 valence electrons. The molecule has 1 atom stereocenters. The van der Waals surface area contributed by atoms with Gasteiger partial charge in [0.25, 0.3) is 0 Å². The van der Waals surface area contributed by atoms with E-state index in [0.717, 1.165) is 0 Å². The summed E-state index contributed by atoms with van der Waals surface area (Å²) in [4.78, 5) is 27.0. The quantitative estimate of drug-likeness (QED) is 0.769. The zero-order valence-electron chi connectivity index (χ0n) is 9.39. The van der Waals surface area contributed by atoms with Crippen molar-refractivity contribution in [2.24, 2.45) is 0 Å². The van der Waals surface area contributed by atoms with E-state index in [2.05, 4.69) is 10.3 Å². The zero-order valence-corrected chi connectivity index (χ0v) is 9.39. The predicted molar refractivity (Wildman–Crippen MR) is 61.1 cm³/mol. The van der Waals surface area contributed by atoms with Gasteiger partial charge in [-0.05, 0) is 24.6 Å². The van der Waals surface area contributed by atoms with E-state index in [0.29, 0.717) is 17.5 Å². The molecule has 1 aromatic carbocycles. The normalized spacial score (nSPS) is 20.2. The van der Waals surface area contributed by atoms with E-state index >= 15 is 0 Å². The number of piperidine rings is 1.